The molecule has 22 heteroatoms. The van der Waals surface area contributed by atoms with E-state index in [-0.39, 0.29) is 36.5 Å². The number of rotatable bonds is 35. The standard InChI is InChI=1S/C24H25F3O4.C21H22O5.2C20H26O5/c25-24(26,27)19-9-6-18(7-10-19)16-30-20-11-13-21(14-12-20)31-22(23(28)29)15-8-17-4-2-1-3-5-17;22-20(18-7-4-14-25-18)16-9-11-17(12-10-16)26-19(21(23)24)13-8-15-5-2-1-3-6-15;1-24-19(21)14-12-16-9-5-6-10-17(16)25-18(20(22)23)13-11-15-7-3-2-4-8-15;1-24-19(21)14-10-16-7-11-17(12-8-16)25-18(20(22)23)13-9-15-5-3-2-4-6-15/h4,6-7,9-14,22H,1-3,5,8,15-16H2,(H,28,29);4-5,7,9-12,14,19H,1-3,6,8,13H2,(H,23,24);5-7,9-10,18H,2-4,8,11-14H2,1H3,(H,22,23);5,7-8,11-12,18H,2-4,6,9-10,13-14H2,1H3,(H,22,23). The molecule has 0 spiro atoms. The van der Waals surface area contributed by atoms with E-state index in [1.54, 1.807) is 84.9 Å². The van der Waals surface area contributed by atoms with Crippen LogP contribution in [0.2, 0.25) is 0 Å². The van der Waals surface area contributed by atoms with E-state index < -0.39 is 60.0 Å². The van der Waals surface area contributed by atoms with Gasteiger partial charge >= 0.3 is 42.0 Å². The highest BCUT2D eigenvalue weighted by molar-refractivity contribution is 6.07. The highest BCUT2D eigenvalue weighted by Crippen LogP contribution is 2.32. The van der Waals surface area contributed by atoms with Gasteiger partial charge in [-0.2, -0.15) is 13.2 Å². The van der Waals surface area contributed by atoms with Gasteiger partial charge < -0.3 is 58.0 Å². The Hall–Kier alpha value is -10.4. The molecule has 0 aliphatic heterocycles. The van der Waals surface area contributed by atoms with Crippen LogP contribution in [0.4, 0.5) is 13.2 Å². The van der Waals surface area contributed by atoms with Crippen molar-refractivity contribution in [1.29, 1.82) is 0 Å². The van der Waals surface area contributed by atoms with Gasteiger partial charge in [0.1, 0.15) is 35.4 Å². The molecule has 0 fully saturated rings. The van der Waals surface area contributed by atoms with Gasteiger partial charge in [0.2, 0.25) is 5.78 Å². The second-order valence-electron chi connectivity index (χ2n) is 26.6. The lowest BCUT2D eigenvalue weighted by Gasteiger charge is -2.19. The van der Waals surface area contributed by atoms with E-state index in [4.69, 9.17) is 28.1 Å². The van der Waals surface area contributed by atoms with Crippen LogP contribution in [0.1, 0.15) is 205 Å². The maximum atomic E-state index is 12.6. The first kappa shape index (κ1) is 83.9. The molecule has 4 aliphatic carbocycles. The fourth-order valence-corrected chi connectivity index (χ4v) is 12.4. The lowest BCUT2D eigenvalue weighted by Crippen LogP contribution is -2.27. The first-order chi connectivity index (χ1) is 51.6. The summed E-state index contributed by atoms with van der Waals surface area (Å²) in [7, 11) is 2.72. The van der Waals surface area contributed by atoms with E-state index >= 15 is 0 Å². The summed E-state index contributed by atoms with van der Waals surface area (Å²) in [6.07, 6.45) is 26.9. The van der Waals surface area contributed by atoms with E-state index in [1.165, 1.54) is 99.9 Å². The molecule has 574 valence electrons. The van der Waals surface area contributed by atoms with Crippen molar-refractivity contribution in [3.63, 3.8) is 0 Å². The van der Waals surface area contributed by atoms with E-state index in [0.29, 0.717) is 91.2 Å². The number of hydrogen-bond acceptors (Lipinski definition) is 15. The lowest BCUT2D eigenvalue weighted by molar-refractivity contribution is -0.146. The minimum Gasteiger partial charge on any atom is -0.489 e. The van der Waals surface area contributed by atoms with Crippen molar-refractivity contribution in [2.24, 2.45) is 0 Å². The quantitative estimate of drug-likeness (QED) is 0.0163. The molecule has 6 aromatic rings. The predicted octanol–water partition coefficient (Wildman–Crippen LogP) is 18.8. The molecule has 0 bridgehead atoms. The van der Waals surface area contributed by atoms with Gasteiger partial charge in [0, 0.05) is 18.4 Å². The largest absolute Gasteiger partial charge is 0.489 e. The number of esters is 2. The number of aryl methyl sites for hydroxylation is 2. The van der Waals surface area contributed by atoms with Gasteiger partial charge in [-0.3, -0.25) is 14.4 Å². The van der Waals surface area contributed by atoms with E-state index in [1.807, 2.05) is 24.3 Å². The molecular formula is C85H99F3O19. The van der Waals surface area contributed by atoms with Gasteiger partial charge in [-0.05, 0) is 275 Å². The molecule has 0 amide bonds. The second-order valence-corrected chi connectivity index (χ2v) is 26.6. The van der Waals surface area contributed by atoms with Crippen molar-refractivity contribution in [2.45, 2.75) is 217 Å². The number of hydrogen-bond donors (Lipinski definition) is 4. The number of ether oxygens (including phenoxy) is 7. The fraction of sp³-hybridized carbons (Fsp3) is 0.424. The highest BCUT2D eigenvalue weighted by Gasteiger charge is 2.30. The van der Waals surface area contributed by atoms with Gasteiger partial charge in [-0.1, -0.05) is 89.1 Å². The summed E-state index contributed by atoms with van der Waals surface area (Å²) in [5.41, 5.74) is 7.47. The number of para-hydroxylation sites is 1. The normalized spacial score (nSPS) is 15.1. The number of carboxylic acids is 4. The van der Waals surface area contributed by atoms with E-state index in [9.17, 15) is 67.2 Å². The Morgan fingerprint density at radius 3 is 1.19 bits per heavy atom. The van der Waals surface area contributed by atoms with Crippen LogP contribution >= 0.6 is 0 Å². The molecule has 0 radical (unpaired) electrons. The number of ketones is 1. The van der Waals surface area contributed by atoms with Crippen molar-refractivity contribution >= 4 is 41.6 Å². The van der Waals surface area contributed by atoms with Gasteiger partial charge in [0.05, 0.1) is 26.0 Å². The van der Waals surface area contributed by atoms with Gasteiger partial charge in [-0.15, -0.1) is 0 Å². The molecule has 4 unspecified atom stereocenters. The summed E-state index contributed by atoms with van der Waals surface area (Å²) in [4.78, 5) is 80.8. The van der Waals surface area contributed by atoms with Crippen molar-refractivity contribution < 1.29 is 105 Å². The monoisotopic (exact) mass is 1480 g/mol. The summed E-state index contributed by atoms with van der Waals surface area (Å²) < 4.78 is 80.5. The van der Waals surface area contributed by atoms with Crippen LogP contribution in [-0.4, -0.2) is 101 Å². The molecule has 4 atom stereocenters. The van der Waals surface area contributed by atoms with Crippen LogP contribution in [-0.2, 0) is 63.9 Å². The Morgan fingerprint density at radius 2 is 0.804 bits per heavy atom. The Bertz CT molecular complexity index is 3890. The van der Waals surface area contributed by atoms with Crippen LogP contribution in [0.15, 0.2) is 191 Å². The minimum absolute atomic E-state index is 0.116. The van der Waals surface area contributed by atoms with E-state index in [0.717, 1.165) is 100 Å². The molecule has 107 heavy (non-hydrogen) atoms. The number of carbonyl (C=O) groups is 7. The Balaban J connectivity index is 0.000000200. The number of carbonyl (C=O) groups excluding carboxylic acids is 3. The summed E-state index contributed by atoms with van der Waals surface area (Å²) in [5.74, 6) is -1.95. The molecule has 0 saturated carbocycles. The third kappa shape index (κ3) is 30.9. The average Bonchev–Trinajstić information content (AvgIpc) is 1.81. The molecular weight excluding hydrogens is 1380 g/mol. The van der Waals surface area contributed by atoms with Crippen LogP contribution in [0.5, 0.6) is 28.7 Å². The number of aliphatic carboxylic acids is 4. The molecule has 5 aromatic carbocycles. The first-order valence-corrected chi connectivity index (χ1v) is 36.8. The summed E-state index contributed by atoms with van der Waals surface area (Å²) in [6.45, 7) is 0.116. The number of alkyl halides is 3. The van der Waals surface area contributed by atoms with E-state index in [2.05, 4.69) is 33.8 Å². The SMILES string of the molecule is COC(=O)CCc1ccc(OC(CCC2=CCCCC2)C(=O)O)cc1.COC(=O)CCc1ccccc1OC(CCC1=CCCCC1)C(=O)O.O=C(O)C(CCC1=CCCCC1)Oc1ccc(OCc2ccc(C(F)(F)F)cc2)cc1.O=C(c1ccc(OC(CCC2=CCCCC2)C(=O)O)cc1)c1ccco1. The molecule has 0 saturated heterocycles. The van der Waals surface area contributed by atoms with Crippen molar-refractivity contribution in [1.82, 2.24) is 0 Å². The van der Waals surface area contributed by atoms with Crippen LogP contribution in [0.25, 0.3) is 0 Å². The predicted molar refractivity (Wildman–Crippen MR) is 396 cm³/mol. The number of halogens is 3. The minimum atomic E-state index is -4.36. The third-order valence-electron chi connectivity index (χ3n) is 18.6. The topological polar surface area (TPSA) is 278 Å². The average molecular weight is 1480 g/mol. The second kappa shape index (κ2) is 45.2. The zero-order valence-corrected chi connectivity index (χ0v) is 61.0. The Kier molecular flexibility index (Phi) is 35.4. The van der Waals surface area contributed by atoms with Crippen molar-refractivity contribution in [3.8, 4) is 28.7 Å². The Labute approximate surface area is 623 Å². The molecule has 10 rings (SSSR count). The van der Waals surface area contributed by atoms with Gasteiger partial charge in [0.15, 0.2) is 30.2 Å². The summed E-state index contributed by atoms with van der Waals surface area (Å²) in [6, 6.07) is 35.5. The van der Waals surface area contributed by atoms with Gasteiger partial charge in [-0.25, -0.2) is 19.2 Å². The number of furan rings is 1. The molecule has 19 nitrogen and oxygen atoms in total. The zero-order valence-electron chi connectivity index (χ0n) is 61.0. The van der Waals surface area contributed by atoms with Crippen molar-refractivity contribution in [2.75, 3.05) is 14.2 Å². The Morgan fingerprint density at radius 1 is 0.421 bits per heavy atom. The lowest BCUT2D eigenvalue weighted by atomic mass is 9.95. The maximum absolute atomic E-state index is 12.6. The van der Waals surface area contributed by atoms with Crippen LogP contribution in [0, 0.1) is 0 Å². The molecule has 1 aromatic heterocycles. The number of methoxy groups -OCH3 is 2. The third-order valence-corrected chi connectivity index (χ3v) is 18.6. The van der Waals surface area contributed by atoms with Crippen molar-refractivity contribution in [3.05, 3.63) is 220 Å². The number of benzene rings is 5. The first-order valence-electron chi connectivity index (χ1n) is 36.8. The molecule has 4 N–H and O–H groups in total. The van der Waals surface area contributed by atoms with Crippen LogP contribution in [0.3, 0.4) is 0 Å². The summed E-state index contributed by atoms with van der Waals surface area (Å²) >= 11 is 0. The number of allylic oxidation sites excluding steroid dienone is 8. The summed E-state index contributed by atoms with van der Waals surface area (Å²) in [5, 5.41) is 37.8. The highest BCUT2D eigenvalue weighted by atomic mass is 19.4. The maximum Gasteiger partial charge on any atom is 0.416 e. The van der Waals surface area contributed by atoms with Gasteiger partial charge in [0.25, 0.3) is 0 Å². The smallest absolute Gasteiger partial charge is 0.416 e. The molecule has 1 heterocycles. The van der Waals surface area contributed by atoms with Crippen LogP contribution < -0.4 is 23.7 Å². The molecule has 4 aliphatic rings. The zero-order chi connectivity index (χ0) is 76.8. The number of carboxylic acid groups (broad SMARTS) is 4. The fourth-order valence-electron chi connectivity index (χ4n) is 12.4.